The summed E-state index contributed by atoms with van der Waals surface area (Å²) >= 11 is 5.66. The van der Waals surface area contributed by atoms with Gasteiger partial charge in [0.1, 0.15) is 5.56 Å². The zero-order chi connectivity index (χ0) is 15.2. The van der Waals surface area contributed by atoms with E-state index in [1.807, 2.05) is 13.8 Å². The molecule has 0 spiro atoms. The summed E-state index contributed by atoms with van der Waals surface area (Å²) in [4.78, 5) is 22.4. The number of halogens is 1. The molecule has 1 aromatic rings. The maximum Gasteiger partial charge on any atom is 0.282 e. The van der Waals surface area contributed by atoms with Gasteiger partial charge in [0.15, 0.2) is 0 Å². The predicted octanol–water partition coefficient (Wildman–Crippen LogP) is 3.37. The lowest BCUT2D eigenvalue weighted by molar-refractivity contribution is -0.385. The smallest absolute Gasteiger partial charge is 0.282 e. The first kappa shape index (κ1) is 16.4. The molecule has 6 heteroatoms. The van der Waals surface area contributed by atoms with Crippen molar-refractivity contribution in [2.24, 2.45) is 5.41 Å². The van der Waals surface area contributed by atoms with Crippen molar-refractivity contribution in [3.63, 3.8) is 0 Å². The van der Waals surface area contributed by atoms with Gasteiger partial charge in [-0.2, -0.15) is 0 Å². The van der Waals surface area contributed by atoms with E-state index in [0.717, 1.165) is 12.8 Å². The van der Waals surface area contributed by atoms with Crippen molar-refractivity contribution >= 4 is 23.2 Å². The normalized spacial score (nSPS) is 11.2. The lowest BCUT2D eigenvalue weighted by atomic mass is 9.88. The lowest BCUT2D eigenvalue weighted by Gasteiger charge is -2.24. The van der Waals surface area contributed by atoms with E-state index in [2.05, 4.69) is 5.32 Å². The fourth-order valence-electron chi connectivity index (χ4n) is 1.87. The van der Waals surface area contributed by atoms with Crippen molar-refractivity contribution in [3.05, 3.63) is 39.9 Å². The van der Waals surface area contributed by atoms with E-state index in [-0.39, 0.29) is 16.7 Å². The van der Waals surface area contributed by atoms with Crippen LogP contribution in [0.1, 0.15) is 37.0 Å². The minimum Gasteiger partial charge on any atom is -0.351 e. The number of hydrogen-bond donors (Lipinski definition) is 1. The maximum atomic E-state index is 12.0. The quantitative estimate of drug-likeness (QED) is 0.476. The van der Waals surface area contributed by atoms with Gasteiger partial charge < -0.3 is 5.32 Å². The van der Waals surface area contributed by atoms with Crippen LogP contribution in [0.4, 0.5) is 5.69 Å². The van der Waals surface area contributed by atoms with Crippen LogP contribution in [-0.4, -0.2) is 23.3 Å². The molecule has 0 aliphatic rings. The van der Waals surface area contributed by atoms with Crippen molar-refractivity contribution in [3.8, 4) is 0 Å². The maximum absolute atomic E-state index is 12.0. The zero-order valence-corrected chi connectivity index (χ0v) is 12.4. The molecule has 0 unspecified atom stereocenters. The standard InChI is InChI=1S/C14H19ClN2O3/c1-14(2,8-5-9-15)10-16-13(18)11-6-3-4-7-12(11)17(19)20/h3-4,6-7H,5,8-10H2,1-2H3,(H,16,18). The molecule has 0 aliphatic carbocycles. The van der Waals surface area contributed by atoms with E-state index in [9.17, 15) is 14.9 Å². The Bertz CT molecular complexity index is 489. The highest BCUT2D eigenvalue weighted by Crippen LogP contribution is 2.22. The molecule has 0 bridgehead atoms. The summed E-state index contributed by atoms with van der Waals surface area (Å²) in [7, 11) is 0. The Morgan fingerprint density at radius 2 is 2.05 bits per heavy atom. The molecule has 0 radical (unpaired) electrons. The predicted molar refractivity (Wildman–Crippen MR) is 79.2 cm³/mol. The van der Waals surface area contributed by atoms with E-state index >= 15 is 0 Å². The molecule has 0 atom stereocenters. The first-order valence-corrected chi connectivity index (χ1v) is 6.98. The number of carbonyl (C=O) groups excluding carboxylic acids is 1. The number of nitro benzene ring substituents is 1. The van der Waals surface area contributed by atoms with Crippen molar-refractivity contribution in [1.82, 2.24) is 5.32 Å². The van der Waals surface area contributed by atoms with Gasteiger partial charge >= 0.3 is 0 Å². The molecular formula is C14H19ClN2O3. The monoisotopic (exact) mass is 298 g/mol. The van der Waals surface area contributed by atoms with E-state index in [4.69, 9.17) is 11.6 Å². The van der Waals surface area contributed by atoms with Crippen LogP contribution in [0, 0.1) is 15.5 Å². The van der Waals surface area contributed by atoms with Gasteiger partial charge in [0.2, 0.25) is 0 Å². The van der Waals surface area contributed by atoms with Crippen LogP contribution in [-0.2, 0) is 0 Å². The van der Waals surface area contributed by atoms with Crippen LogP contribution in [0.2, 0.25) is 0 Å². The van der Waals surface area contributed by atoms with Crippen LogP contribution >= 0.6 is 11.6 Å². The van der Waals surface area contributed by atoms with Crippen molar-refractivity contribution in [2.75, 3.05) is 12.4 Å². The van der Waals surface area contributed by atoms with Crippen molar-refractivity contribution in [2.45, 2.75) is 26.7 Å². The molecule has 1 rings (SSSR count). The summed E-state index contributed by atoms with van der Waals surface area (Å²) in [6, 6.07) is 5.94. The number of nitro groups is 1. The summed E-state index contributed by atoms with van der Waals surface area (Å²) in [6.07, 6.45) is 1.75. The largest absolute Gasteiger partial charge is 0.351 e. The number of hydrogen-bond acceptors (Lipinski definition) is 3. The fourth-order valence-corrected chi connectivity index (χ4v) is 2.01. The molecular weight excluding hydrogens is 280 g/mol. The summed E-state index contributed by atoms with van der Waals surface area (Å²) in [5.41, 5.74) is -0.178. The zero-order valence-electron chi connectivity index (χ0n) is 11.7. The van der Waals surface area contributed by atoms with Gasteiger partial charge in [-0.15, -0.1) is 11.6 Å². The fraction of sp³-hybridized carbons (Fsp3) is 0.500. The topological polar surface area (TPSA) is 72.2 Å². The number of rotatable bonds is 7. The second-order valence-corrected chi connectivity index (χ2v) is 5.79. The minimum absolute atomic E-state index is 0.0886. The highest BCUT2D eigenvalue weighted by atomic mass is 35.5. The van der Waals surface area contributed by atoms with E-state index < -0.39 is 10.8 Å². The molecule has 5 nitrogen and oxygen atoms in total. The van der Waals surface area contributed by atoms with E-state index in [1.165, 1.54) is 12.1 Å². The Kier molecular flexibility index (Phi) is 5.95. The number of nitrogens with zero attached hydrogens (tertiary/aromatic N) is 1. The molecule has 110 valence electrons. The second-order valence-electron chi connectivity index (χ2n) is 5.41. The Morgan fingerprint density at radius 1 is 1.40 bits per heavy atom. The SMILES string of the molecule is CC(C)(CCCCl)CNC(=O)c1ccccc1[N+](=O)[O-]. The first-order chi connectivity index (χ1) is 9.37. The highest BCUT2D eigenvalue weighted by molar-refractivity contribution is 6.17. The molecule has 1 amide bonds. The number of alkyl halides is 1. The number of para-hydroxylation sites is 1. The lowest BCUT2D eigenvalue weighted by Crippen LogP contribution is -2.34. The van der Waals surface area contributed by atoms with Gasteiger partial charge in [-0.3, -0.25) is 14.9 Å². The molecule has 0 heterocycles. The summed E-state index contributed by atoms with van der Waals surface area (Å²) in [5.74, 6) is 0.165. The molecule has 0 saturated carbocycles. The van der Waals surface area contributed by atoms with Crippen LogP contribution in [0.25, 0.3) is 0 Å². The first-order valence-electron chi connectivity index (χ1n) is 6.45. The Morgan fingerprint density at radius 3 is 2.65 bits per heavy atom. The minimum atomic E-state index is -0.548. The molecule has 0 fully saturated rings. The van der Waals surface area contributed by atoms with Crippen LogP contribution in [0.3, 0.4) is 0 Å². The second kappa shape index (κ2) is 7.24. The van der Waals surface area contributed by atoms with Crippen LogP contribution < -0.4 is 5.32 Å². The molecule has 0 saturated heterocycles. The third kappa shape index (κ3) is 4.81. The molecule has 0 aliphatic heterocycles. The van der Waals surface area contributed by atoms with E-state index in [0.29, 0.717) is 12.4 Å². The summed E-state index contributed by atoms with van der Waals surface area (Å²) in [6.45, 7) is 4.51. The average Bonchev–Trinajstić information content (AvgIpc) is 2.42. The van der Waals surface area contributed by atoms with Gasteiger partial charge in [0, 0.05) is 18.5 Å². The molecule has 20 heavy (non-hydrogen) atoms. The average molecular weight is 299 g/mol. The third-order valence-corrected chi connectivity index (χ3v) is 3.33. The van der Waals surface area contributed by atoms with Gasteiger partial charge in [-0.05, 0) is 24.3 Å². The van der Waals surface area contributed by atoms with Gasteiger partial charge in [-0.1, -0.05) is 26.0 Å². The summed E-state index contributed by atoms with van der Waals surface area (Å²) in [5, 5.41) is 13.6. The van der Waals surface area contributed by atoms with Gasteiger partial charge in [0.05, 0.1) is 4.92 Å². The molecule has 1 aromatic carbocycles. The highest BCUT2D eigenvalue weighted by Gasteiger charge is 2.22. The van der Waals surface area contributed by atoms with Crippen molar-refractivity contribution < 1.29 is 9.72 Å². The van der Waals surface area contributed by atoms with Crippen molar-refractivity contribution in [1.29, 1.82) is 0 Å². The van der Waals surface area contributed by atoms with Crippen LogP contribution in [0.5, 0.6) is 0 Å². The molecule has 1 N–H and O–H groups in total. The van der Waals surface area contributed by atoms with Gasteiger partial charge in [0.25, 0.3) is 11.6 Å². The Hall–Kier alpha value is -1.62. The third-order valence-electron chi connectivity index (χ3n) is 3.06. The molecule has 0 aromatic heterocycles. The van der Waals surface area contributed by atoms with Gasteiger partial charge in [-0.25, -0.2) is 0 Å². The Balaban J connectivity index is 2.70. The van der Waals surface area contributed by atoms with E-state index in [1.54, 1.807) is 12.1 Å². The number of benzene rings is 1. The summed E-state index contributed by atoms with van der Waals surface area (Å²) < 4.78 is 0. The Labute approximate surface area is 123 Å². The number of carbonyl (C=O) groups is 1. The number of nitrogens with one attached hydrogen (secondary N) is 1. The van der Waals surface area contributed by atoms with Crippen LogP contribution in [0.15, 0.2) is 24.3 Å². The number of amides is 1.